The number of rotatable bonds is 1. The second kappa shape index (κ2) is 4.83. The molecular formula is C12H15F3N6. The number of piperazine rings is 1. The van der Waals surface area contributed by atoms with Gasteiger partial charge in [0.2, 0.25) is 0 Å². The second-order valence-corrected chi connectivity index (χ2v) is 5.29. The van der Waals surface area contributed by atoms with Crippen LogP contribution in [-0.4, -0.2) is 45.0 Å². The maximum Gasteiger partial charge on any atom is 0.453 e. The van der Waals surface area contributed by atoms with Gasteiger partial charge in [0.1, 0.15) is 5.82 Å². The van der Waals surface area contributed by atoms with Gasteiger partial charge in [0, 0.05) is 25.2 Å². The van der Waals surface area contributed by atoms with Crippen molar-refractivity contribution < 1.29 is 13.2 Å². The summed E-state index contributed by atoms with van der Waals surface area (Å²) < 4.78 is 39.4. The van der Waals surface area contributed by atoms with E-state index in [4.69, 9.17) is 0 Å². The summed E-state index contributed by atoms with van der Waals surface area (Å²) >= 11 is 0. The topological polar surface area (TPSA) is 58.4 Å². The predicted octanol–water partition coefficient (Wildman–Crippen LogP) is 1.33. The Balaban J connectivity index is 2.04. The van der Waals surface area contributed by atoms with Crippen LogP contribution in [0, 0.1) is 0 Å². The van der Waals surface area contributed by atoms with Crippen LogP contribution in [0.2, 0.25) is 0 Å². The van der Waals surface area contributed by atoms with E-state index in [0.717, 1.165) is 11.1 Å². The van der Waals surface area contributed by atoms with Crippen LogP contribution in [0.5, 0.6) is 0 Å². The zero-order chi connectivity index (χ0) is 15.2. The van der Waals surface area contributed by atoms with Crippen molar-refractivity contribution in [1.29, 1.82) is 0 Å². The Labute approximate surface area is 119 Å². The summed E-state index contributed by atoms with van der Waals surface area (Å²) in [4.78, 5) is 1.99. The highest BCUT2D eigenvalue weighted by Crippen LogP contribution is 2.28. The fraction of sp³-hybridized carbons (Fsp3) is 0.583. The molecule has 3 heterocycles. The lowest BCUT2D eigenvalue weighted by Crippen LogP contribution is -2.54. The zero-order valence-corrected chi connectivity index (χ0v) is 11.6. The molecule has 1 aliphatic heterocycles. The van der Waals surface area contributed by atoms with Crippen LogP contribution in [0.15, 0.2) is 12.1 Å². The van der Waals surface area contributed by atoms with Gasteiger partial charge in [-0.2, -0.15) is 17.7 Å². The van der Waals surface area contributed by atoms with E-state index in [1.165, 1.54) is 6.07 Å². The van der Waals surface area contributed by atoms with E-state index in [1.807, 2.05) is 18.7 Å². The molecule has 114 valence electrons. The second-order valence-electron chi connectivity index (χ2n) is 5.29. The number of halogens is 3. The standard InChI is InChI=1S/C12H15F3N6/c1-7-6-20(8(2)5-16-7)10-4-3-9-17-18-11(12(13,14)15)21(9)19-10/h3-4,7-8,16H,5-6H2,1-2H3. The molecule has 0 aliphatic carbocycles. The van der Waals surface area contributed by atoms with Crippen LogP contribution in [-0.2, 0) is 6.18 Å². The molecule has 2 atom stereocenters. The van der Waals surface area contributed by atoms with E-state index in [9.17, 15) is 13.2 Å². The predicted molar refractivity (Wildman–Crippen MR) is 70.1 cm³/mol. The third-order valence-electron chi connectivity index (χ3n) is 3.56. The molecule has 0 bridgehead atoms. The molecule has 0 aromatic carbocycles. The Morgan fingerprint density at radius 1 is 1.24 bits per heavy atom. The molecule has 2 aromatic rings. The van der Waals surface area contributed by atoms with Gasteiger partial charge in [0.05, 0.1) is 0 Å². The molecule has 0 spiro atoms. The van der Waals surface area contributed by atoms with E-state index < -0.39 is 12.0 Å². The minimum absolute atomic E-state index is 0.0851. The van der Waals surface area contributed by atoms with Gasteiger partial charge in [-0.1, -0.05) is 0 Å². The van der Waals surface area contributed by atoms with Gasteiger partial charge in [-0.05, 0) is 26.0 Å². The van der Waals surface area contributed by atoms with Crippen LogP contribution in [0.1, 0.15) is 19.7 Å². The van der Waals surface area contributed by atoms with Crippen molar-refractivity contribution in [3.63, 3.8) is 0 Å². The van der Waals surface area contributed by atoms with Crippen LogP contribution in [0.3, 0.4) is 0 Å². The number of hydrogen-bond donors (Lipinski definition) is 1. The highest BCUT2D eigenvalue weighted by molar-refractivity contribution is 5.47. The third-order valence-corrected chi connectivity index (χ3v) is 3.56. The van der Waals surface area contributed by atoms with Crippen LogP contribution >= 0.6 is 0 Å². The molecule has 0 amide bonds. The van der Waals surface area contributed by atoms with Gasteiger partial charge < -0.3 is 10.2 Å². The molecular weight excluding hydrogens is 285 g/mol. The van der Waals surface area contributed by atoms with Crippen LogP contribution in [0.4, 0.5) is 19.0 Å². The minimum atomic E-state index is -4.58. The summed E-state index contributed by atoms with van der Waals surface area (Å²) in [5.74, 6) is -0.608. The Morgan fingerprint density at radius 2 is 2.00 bits per heavy atom. The number of fused-ring (bicyclic) bond motifs is 1. The minimum Gasteiger partial charge on any atom is -0.350 e. The highest BCUT2D eigenvalue weighted by Gasteiger charge is 2.38. The van der Waals surface area contributed by atoms with Crippen molar-refractivity contribution in [2.24, 2.45) is 0 Å². The monoisotopic (exact) mass is 300 g/mol. The Kier molecular flexibility index (Phi) is 3.23. The SMILES string of the molecule is CC1CN(c2ccc3nnc(C(F)(F)F)n3n2)C(C)CN1. The number of alkyl halides is 3. The average molecular weight is 300 g/mol. The molecule has 0 saturated carbocycles. The number of nitrogens with one attached hydrogen (secondary N) is 1. The van der Waals surface area contributed by atoms with E-state index in [0.29, 0.717) is 12.4 Å². The lowest BCUT2D eigenvalue weighted by Gasteiger charge is -2.38. The largest absolute Gasteiger partial charge is 0.453 e. The number of hydrogen-bond acceptors (Lipinski definition) is 5. The zero-order valence-electron chi connectivity index (χ0n) is 11.6. The van der Waals surface area contributed by atoms with Gasteiger partial charge in [0.15, 0.2) is 5.65 Å². The van der Waals surface area contributed by atoms with E-state index in [2.05, 4.69) is 20.6 Å². The number of aromatic nitrogens is 4. The Morgan fingerprint density at radius 3 is 2.71 bits per heavy atom. The molecule has 9 heteroatoms. The molecule has 2 aromatic heterocycles. The summed E-state index contributed by atoms with van der Waals surface area (Å²) in [6, 6.07) is 3.58. The molecule has 1 fully saturated rings. The highest BCUT2D eigenvalue weighted by atomic mass is 19.4. The first-order valence-corrected chi connectivity index (χ1v) is 6.66. The van der Waals surface area contributed by atoms with Crippen molar-refractivity contribution in [2.45, 2.75) is 32.1 Å². The first-order chi connectivity index (χ1) is 9.86. The third kappa shape index (κ3) is 2.53. The summed E-state index contributed by atoms with van der Waals surface area (Å²) in [7, 11) is 0. The van der Waals surface area contributed by atoms with E-state index >= 15 is 0 Å². The average Bonchev–Trinajstić information content (AvgIpc) is 2.84. The van der Waals surface area contributed by atoms with Gasteiger partial charge in [0.25, 0.3) is 5.82 Å². The molecule has 3 rings (SSSR count). The van der Waals surface area contributed by atoms with Crippen molar-refractivity contribution in [3.8, 4) is 0 Å². The maximum atomic E-state index is 12.9. The fourth-order valence-corrected chi connectivity index (χ4v) is 2.45. The molecule has 6 nitrogen and oxygen atoms in total. The summed E-state index contributed by atoms with van der Waals surface area (Å²) in [6.45, 7) is 5.47. The summed E-state index contributed by atoms with van der Waals surface area (Å²) in [5, 5.41) is 14.1. The van der Waals surface area contributed by atoms with Gasteiger partial charge >= 0.3 is 6.18 Å². The van der Waals surface area contributed by atoms with Crippen LogP contribution in [0.25, 0.3) is 5.65 Å². The first-order valence-electron chi connectivity index (χ1n) is 6.66. The lowest BCUT2D eigenvalue weighted by molar-refractivity contribution is -0.146. The fourth-order valence-electron chi connectivity index (χ4n) is 2.45. The van der Waals surface area contributed by atoms with Crippen molar-refractivity contribution in [3.05, 3.63) is 18.0 Å². The van der Waals surface area contributed by atoms with E-state index in [-0.39, 0.29) is 17.7 Å². The quantitative estimate of drug-likeness (QED) is 0.861. The molecule has 21 heavy (non-hydrogen) atoms. The molecule has 1 N–H and O–H groups in total. The van der Waals surface area contributed by atoms with Gasteiger partial charge in [-0.25, -0.2) is 0 Å². The molecule has 1 saturated heterocycles. The van der Waals surface area contributed by atoms with Crippen molar-refractivity contribution >= 4 is 11.5 Å². The summed E-state index contributed by atoms with van der Waals surface area (Å²) in [6.07, 6.45) is -4.58. The van der Waals surface area contributed by atoms with E-state index in [1.54, 1.807) is 6.07 Å². The van der Waals surface area contributed by atoms with Gasteiger partial charge in [-0.3, -0.25) is 0 Å². The van der Waals surface area contributed by atoms with Crippen LogP contribution < -0.4 is 10.2 Å². The maximum absolute atomic E-state index is 12.9. The van der Waals surface area contributed by atoms with Gasteiger partial charge in [-0.15, -0.1) is 15.3 Å². The number of nitrogens with zero attached hydrogens (tertiary/aromatic N) is 5. The normalized spacial score (nSPS) is 23.8. The molecule has 0 radical (unpaired) electrons. The summed E-state index contributed by atoms with van der Waals surface area (Å²) in [5.41, 5.74) is 0.0851. The number of anilines is 1. The lowest BCUT2D eigenvalue weighted by atomic mass is 10.1. The Bertz CT molecular complexity index is 652. The Hall–Kier alpha value is -1.90. The molecule has 1 aliphatic rings. The molecule has 2 unspecified atom stereocenters. The first kappa shape index (κ1) is 14.1. The smallest absolute Gasteiger partial charge is 0.350 e. The van der Waals surface area contributed by atoms with Crippen molar-refractivity contribution in [2.75, 3.05) is 18.0 Å². The van der Waals surface area contributed by atoms with Crippen molar-refractivity contribution in [1.82, 2.24) is 25.1 Å².